The Morgan fingerprint density at radius 1 is 1.09 bits per heavy atom. The highest BCUT2D eigenvalue weighted by molar-refractivity contribution is 7.89. The van der Waals surface area contributed by atoms with Crippen LogP contribution >= 0.6 is 0 Å². The van der Waals surface area contributed by atoms with Crippen molar-refractivity contribution in [2.75, 3.05) is 33.7 Å². The second kappa shape index (κ2) is 10.3. The monoisotopic (exact) mass is 489 g/mol. The smallest absolute Gasteiger partial charge is 0.354 e. The number of halogens is 3. The summed E-state index contributed by atoms with van der Waals surface area (Å²) >= 11 is 0. The first-order valence-electron chi connectivity index (χ1n) is 11.6. The molecule has 1 aromatic rings. The predicted octanol–water partition coefficient (Wildman–Crippen LogP) is 3.88. The van der Waals surface area contributed by atoms with Gasteiger partial charge in [-0.3, -0.25) is 4.79 Å². The number of benzene rings is 1. The Hall–Kier alpha value is -1.65. The zero-order valence-corrected chi connectivity index (χ0v) is 20.1. The zero-order valence-electron chi connectivity index (χ0n) is 19.3. The number of nitrogens with one attached hydrogen (secondary N) is 1. The highest BCUT2D eigenvalue weighted by Gasteiger charge is 2.40. The third-order valence-electron chi connectivity index (χ3n) is 7.21. The summed E-state index contributed by atoms with van der Waals surface area (Å²) < 4.78 is 66.9. The Bertz CT molecular complexity index is 918. The van der Waals surface area contributed by atoms with Crippen molar-refractivity contribution in [2.45, 2.75) is 68.0 Å². The molecule has 1 heterocycles. The minimum atomic E-state index is -4.76. The average Bonchev–Trinajstić information content (AvgIpc) is 3.04. The number of carbonyl (C=O) groups excluding carboxylic acids is 1. The van der Waals surface area contributed by atoms with E-state index in [2.05, 4.69) is 10.2 Å². The number of hydrogen-bond acceptors (Lipinski definition) is 4. The van der Waals surface area contributed by atoms with Crippen molar-refractivity contribution < 1.29 is 26.4 Å². The van der Waals surface area contributed by atoms with Crippen LogP contribution in [0.25, 0.3) is 0 Å². The standard InChI is InChI=1S/C23H34F3N3O3S/c1-28(2)22(13-7-3-4-8-14-22)17-27-21(30)18-11-15-29(16-12-18)33(31,32)20-10-6-5-9-19(20)23(24,25)26/h5-6,9-10,18H,3-4,7-8,11-17H2,1-2H3,(H,27,30). The summed E-state index contributed by atoms with van der Waals surface area (Å²) in [5.41, 5.74) is -1.24. The van der Waals surface area contributed by atoms with Gasteiger partial charge < -0.3 is 10.2 Å². The molecule has 0 bridgehead atoms. The summed E-state index contributed by atoms with van der Waals surface area (Å²) in [7, 11) is -0.222. The summed E-state index contributed by atoms with van der Waals surface area (Å²) in [6.45, 7) is 0.590. The summed E-state index contributed by atoms with van der Waals surface area (Å²) in [4.78, 5) is 14.3. The minimum absolute atomic E-state index is 0.0193. The van der Waals surface area contributed by atoms with Crippen LogP contribution in [-0.4, -0.2) is 62.8 Å². The zero-order chi connectivity index (χ0) is 24.3. The molecule has 0 aromatic heterocycles. The van der Waals surface area contributed by atoms with Crippen LogP contribution in [0.15, 0.2) is 29.2 Å². The van der Waals surface area contributed by atoms with Crippen LogP contribution in [0.1, 0.15) is 56.9 Å². The van der Waals surface area contributed by atoms with Gasteiger partial charge in [-0.15, -0.1) is 0 Å². The predicted molar refractivity (Wildman–Crippen MR) is 120 cm³/mol. The highest BCUT2D eigenvalue weighted by Crippen LogP contribution is 2.36. The molecule has 186 valence electrons. The molecule has 3 rings (SSSR count). The number of rotatable bonds is 6. The number of sulfonamides is 1. The van der Waals surface area contributed by atoms with Gasteiger partial charge in [0.25, 0.3) is 0 Å². The Morgan fingerprint density at radius 3 is 2.21 bits per heavy atom. The maximum absolute atomic E-state index is 13.3. The fourth-order valence-electron chi connectivity index (χ4n) is 4.99. The summed E-state index contributed by atoms with van der Waals surface area (Å²) in [5.74, 6) is -0.451. The Morgan fingerprint density at radius 2 is 1.67 bits per heavy atom. The molecule has 0 atom stereocenters. The number of likely N-dealkylation sites (N-methyl/N-ethyl adjacent to an activating group) is 1. The maximum atomic E-state index is 13.3. The molecule has 1 saturated heterocycles. The lowest BCUT2D eigenvalue weighted by atomic mass is 9.88. The molecule has 1 aromatic carbocycles. The fourth-order valence-corrected chi connectivity index (χ4v) is 6.67. The van der Waals surface area contributed by atoms with Crippen molar-refractivity contribution in [3.8, 4) is 0 Å². The molecule has 6 nitrogen and oxygen atoms in total. The SMILES string of the molecule is CN(C)C1(CNC(=O)C2CCN(S(=O)(=O)c3ccccc3C(F)(F)F)CC2)CCCCCC1. The molecule has 1 saturated carbocycles. The van der Waals surface area contributed by atoms with E-state index in [9.17, 15) is 26.4 Å². The first-order valence-corrected chi connectivity index (χ1v) is 13.0. The van der Waals surface area contributed by atoms with Crippen LogP contribution in [0.5, 0.6) is 0 Å². The van der Waals surface area contributed by atoms with Crippen LogP contribution < -0.4 is 5.32 Å². The van der Waals surface area contributed by atoms with E-state index in [4.69, 9.17) is 0 Å². The Kier molecular flexibility index (Phi) is 8.11. The summed E-state index contributed by atoms with van der Waals surface area (Å²) in [5, 5.41) is 3.09. The van der Waals surface area contributed by atoms with Crippen LogP contribution in [0.4, 0.5) is 13.2 Å². The average molecular weight is 490 g/mol. The van der Waals surface area contributed by atoms with Gasteiger partial charge in [0, 0.05) is 31.1 Å². The van der Waals surface area contributed by atoms with E-state index < -0.39 is 26.7 Å². The number of amides is 1. The molecular weight excluding hydrogens is 455 g/mol. The molecule has 10 heteroatoms. The topological polar surface area (TPSA) is 69.7 Å². The van der Waals surface area contributed by atoms with E-state index in [1.54, 1.807) is 0 Å². The normalized spacial score (nSPS) is 21.0. The number of carbonyl (C=O) groups is 1. The minimum Gasteiger partial charge on any atom is -0.354 e. The van der Waals surface area contributed by atoms with E-state index in [0.717, 1.165) is 42.1 Å². The maximum Gasteiger partial charge on any atom is 0.417 e. The second-order valence-electron chi connectivity index (χ2n) is 9.42. The van der Waals surface area contributed by atoms with Gasteiger partial charge >= 0.3 is 6.18 Å². The number of nitrogens with zero attached hydrogens (tertiary/aromatic N) is 2. The highest BCUT2D eigenvalue weighted by atomic mass is 32.2. The van der Waals surface area contributed by atoms with E-state index in [1.165, 1.54) is 25.0 Å². The van der Waals surface area contributed by atoms with E-state index in [-0.39, 0.29) is 43.3 Å². The van der Waals surface area contributed by atoms with Crippen molar-refractivity contribution in [1.29, 1.82) is 0 Å². The van der Waals surface area contributed by atoms with Crippen LogP contribution in [0.2, 0.25) is 0 Å². The largest absolute Gasteiger partial charge is 0.417 e. The fraction of sp³-hybridized carbons (Fsp3) is 0.696. The molecule has 2 fully saturated rings. The van der Waals surface area contributed by atoms with Gasteiger partial charge in [-0.2, -0.15) is 17.5 Å². The second-order valence-corrected chi connectivity index (χ2v) is 11.3. The van der Waals surface area contributed by atoms with E-state index in [0.29, 0.717) is 6.54 Å². The lowest BCUT2D eigenvalue weighted by molar-refractivity contribution is -0.139. The lowest BCUT2D eigenvalue weighted by Gasteiger charge is -2.40. The third kappa shape index (κ3) is 5.89. The summed E-state index contributed by atoms with van der Waals surface area (Å²) in [6.07, 6.45) is 2.52. The van der Waals surface area contributed by atoms with E-state index >= 15 is 0 Å². The van der Waals surface area contributed by atoms with Crippen molar-refractivity contribution in [3.05, 3.63) is 29.8 Å². The van der Waals surface area contributed by atoms with Gasteiger partial charge in [0.2, 0.25) is 15.9 Å². The number of piperidine rings is 1. The van der Waals surface area contributed by atoms with Crippen molar-refractivity contribution >= 4 is 15.9 Å². The van der Waals surface area contributed by atoms with Crippen LogP contribution in [0, 0.1) is 5.92 Å². The molecule has 0 unspecified atom stereocenters. The lowest BCUT2D eigenvalue weighted by Crippen LogP contribution is -2.53. The third-order valence-corrected chi connectivity index (χ3v) is 9.17. The van der Waals surface area contributed by atoms with Crippen molar-refractivity contribution in [3.63, 3.8) is 0 Å². The molecule has 1 N–H and O–H groups in total. The van der Waals surface area contributed by atoms with Gasteiger partial charge in [0.05, 0.1) is 10.5 Å². The van der Waals surface area contributed by atoms with Gasteiger partial charge in [-0.05, 0) is 51.9 Å². The molecular formula is C23H34F3N3O3S. The van der Waals surface area contributed by atoms with Crippen LogP contribution in [-0.2, 0) is 21.0 Å². The van der Waals surface area contributed by atoms with E-state index in [1.807, 2.05) is 14.1 Å². The Balaban J connectivity index is 1.62. The van der Waals surface area contributed by atoms with Gasteiger partial charge in [-0.25, -0.2) is 8.42 Å². The molecule has 1 aliphatic heterocycles. The first kappa shape index (κ1) is 26.0. The van der Waals surface area contributed by atoms with Crippen molar-refractivity contribution in [2.24, 2.45) is 5.92 Å². The molecule has 2 aliphatic rings. The summed E-state index contributed by atoms with van der Waals surface area (Å²) in [6, 6.07) is 4.23. The molecule has 0 radical (unpaired) electrons. The number of alkyl halides is 3. The van der Waals surface area contributed by atoms with Crippen LogP contribution in [0.3, 0.4) is 0 Å². The molecule has 33 heavy (non-hydrogen) atoms. The Labute approximate surface area is 194 Å². The van der Waals surface area contributed by atoms with Gasteiger partial charge in [0.1, 0.15) is 0 Å². The molecule has 1 amide bonds. The quantitative estimate of drug-likeness (QED) is 0.616. The first-order chi connectivity index (χ1) is 15.5. The molecule has 0 spiro atoms. The number of hydrogen-bond donors (Lipinski definition) is 1. The van der Waals surface area contributed by atoms with Gasteiger partial charge in [-0.1, -0.05) is 37.8 Å². The molecule has 1 aliphatic carbocycles. The van der Waals surface area contributed by atoms with Gasteiger partial charge in [0.15, 0.2) is 0 Å². The van der Waals surface area contributed by atoms with Crippen molar-refractivity contribution in [1.82, 2.24) is 14.5 Å².